The second-order valence-corrected chi connectivity index (χ2v) is 5.20. The van der Waals surface area contributed by atoms with E-state index < -0.39 is 12.0 Å². The van der Waals surface area contributed by atoms with Crippen LogP contribution >= 0.6 is 27.5 Å². The largest absolute Gasteiger partial charge is 0.480 e. The van der Waals surface area contributed by atoms with E-state index in [0.717, 1.165) is 6.42 Å². The van der Waals surface area contributed by atoms with Crippen molar-refractivity contribution in [2.24, 2.45) is 0 Å². The van der Waals surface area contributed by atoms with Crippen LogP contribution in [0.3, 0.4) is 0 Å². The number of carboxylic acids is 1. The fraction of sp³-hybridized carbons (Fsp3) is 0.417. The predicted octanol–water partition coefficient (Wildman–Crippen LogP) is 3.62. The number of hydrogen-bond donors (Lipinski definition) is 2. The molecule has 3 nitrogen and oxygen atoms in total. The molecule has 0 aliphatic rings. The number of halogens is 2. The fourth-order valence-electron chi connectivity index (χ4n) is 1.43. The zero-order valence-corrected chi connectivity index (χ0v) is 12.0. The Labute approximate surface area is 114 Å². The van der Waals surface area contributed by atoms with Gasteiger partial charge in [-0.05, 0) is 31.0 Å². The van der Waals surface area contributed by atoms with Crippen LogP contribution in [-0.2, 0) is 4.79 Å². The molecular weight excluding hydrogens is 305 g/mol. The maximum absolute atomic E-state index is 11.3. The maximum Gasteiger partial charge on any atom is 0.325 e. The van der Waals surface area contributed by atoms with E-state index in [1.165, 1.54) is 0 Å². The number of hydrogen-bond acceptors (Lipinski definition) is 2. The Morgan fingerprint density at radius 1 is 1.59 bits per heavy atom. The molecule has 5 heteroatoms. The smallest absolute Gasteiger partial charge is 0.325 e. The lowest BCUT2D eigenvalue weighted by molar-refractivity contribution is -0.139. The average molecular weight is 321 g/mol. The minimum Gasteiger partial charge on any atom is -0.480 e. The first-order valence-corrected chi connectivity index (χ1v) is 6.56. The highest BCUT2D eigenvalue weighted by Gasteiger charge is 2.23. The number of rotatable bonds is 5. The van der Waals surface area contributed by atoms with Gasteiger partial charge in [0, 0.05) is 15.5 Å². The molecule has 0 aromatic heterocycles. The molecule has 0 bridgehead atoms. The molecular formula is C12H15BrClNO2. The highest BCUT2D eigenvalue weighted by Crippen LogP contribution is 2.27. The van der Waals surface area contributed by atoms with Crippen LogP contribution in [-0.4, -0.2) is 17.1 Å². The van der Waals surface area contributed by atoms with Gasteiger partial charge < -0.3 is 5.11 Å². The molecule has 0 saturated carbocycles. The van der Waals surface area contributed by atoms with Gasteiger partial charge in [-0.2, -0.15) is 0 Å². The topological polar surface area (TPSA) is 49.3 Å². The lowest BCUT2D eigenvalue weighted by atomic mass is 10.1. The molecule has 1 rings (SSSR count). The summed E-state index contributed by atoms with van der Waals surface area (Å²) in [6, 6.07) is 4.52. The van der Waals surface area contributed by atoms with Crippen molar-refractivity contribution < 1.29 is 9.90 Å². The summed E-state index contributed by atoms with van der Waals surface area (Å²) < 4.78 is 0.702. The summed E-state index contributed by atoms with van der Waals surface area (Å²) in [5, 5.41) is 12.9. The van der Waals surface area contributed by atoms with Crippen LogP contribution in [0.25, 0.3) is 0 Å². The first-order chi connectivity index (χ1) is 7.95. The molecule has 0 aliphatic carbocycles. The van der Waals surface area contributed by atoms with Gasteiger partial charge in [-0.3, -0.25) is 10.1 Å². The van der Waals surface area contributed by atoms with Crippen LogP contribution in [0.4, 0.5) is 0 Å². The summed E-state index contributed by atoms with van der Waals surface area (Å²) in [4.78, 5) is 11.3. The summed E-state index contributed by atoms with van der Waals surface area (Å²) in [5.41, 5.74) is 0.683. The summed E-state index contributed by atoms with van der Waals surface area (Å²) in [6.45, 7) is 3.97. The van der Waals surface area contributed by atoms with Gasteiger partial charge in [0.05, 0.1) is 0 Å². The third-order valence-electron chi connectivity index (χ3n) is 2.58. The molecule has 2 atom stereocenters. The lowest BCUT2D eigenvalue weighted by Crippen LogP contribution is -2.35. The summed E-state index contributed by atoms with van der Waals surface area (Å²) in [6.07, 6.45) is 0.870. The predicted molar refractivity (Wildman–Crippen MR) is 72.4 cm³/mol. The van der Waals surface area contributed by atoms with Gasteiger partial charge in [0.1, 0.15) is 6.04 Å². The highest BCUT2D eigenvalue weighted by atomic mass is 79.9. The zero-order valence-electron chi connectivity index (χ0n) is 9.71. The SMILES string of the molecule is CCC(C)NC(C(=O)O)c1ccc(Cl)cc1Br. The standard InChI is InChI=1S/C12H15BrClNO2/c1-3-7(2)15-11(12(16)17)9-5-4-8(14)6-10(9)13/h4-7,11,15H,3H2,1-2H3,(H,16,17). The van der Waals surface area contributed by atoms with E-state index in [9.17, 15) is 9.90 Å². The minimum absolute atomic E-state index is 0.138. The number of nitrogens with one attached hydrogen (secondary N) is 1. The van der Waals surface area contributed by atoms with Crippen LogP contribution in [0.15, 0.2) is 22.7 Å². The van der Waals surface area contributed by atoms with E-state index >= 15 is 0 Å². The molecule has 0 aliphatic heterocycles. The van der Waals surface area contributed by atoms with E-state index in [4.69, 9.17) is 11.6 Å². The van der Waals surface area contributed by atoms with Gasteiger partial charge in [-0.25, -0.2) is 0 Å². The van der Waals surface area contributed by atoms with E-state index in [1.807, 2.05) is 13.8 Å². The Morgan fingerprint density at radius 2 is 2.24 bits per heavy atom. The van der Waals surface area contributed by atoms with Crippen LogP contribution < -0.4 is 5.32 Å². The van der Waals surface area contributed by atoms with E-state index in [0.29, 0.717) is 15.1 Å². The minimum atomic E-state index is -0.895. The Morgan fingerprint density at radius 3 is 2.71 bits per heavy atom. The Balaban J connectivity index is 3.01. The van der Waals surface area contributed by atoms with Gasteiger partial charge in [0.25, 0.3) is 0 Å². The van der Waals surface area contributed by atoms with Gasteiger partial charge in [-0.1, -0.05) is 40.5 Å². The third kappa shape index (κ3) is 3.98. The van der Waals surface area contributed by atoms with Crippen molar-refractivity contribution >= 4 is 33.5 Å². The molecule has 17 heavy (non-hydrogen) atoms. The summed E-state index contributed by atoms with van der Waals surface area (Å²) in [5.74, 6) is -0.895. The van der Waals surface area contributed by atoms with Gasteiger partial charge in [0.15, 0.2) is 0 Å². The lowest BCUT2D eigenvalue weighted by Gasteiger charge is -2.20. The number of carbonyl (C=O) groups is 1. The highest BCUT2D eigenvalue weighted by molar-refractivity contribution is 9.10. The van der Waals surface area contributed by atoms with Crippen LogP contribution in [0.5, 0.6) is 0 Å². The van der Waals surface area contributed by atoms with Crippen molar-refractivity contribution in [3.63, 3.8) is 0 Å². The first-order valence-electron chi connectivity index (χ1n) is 5.39. The summed E-state index contributed by atoms with van der Waals surface area (Å²) in [7, 11) is 0. The second-order valence-electron chi connectivity index (χ2n) is 3.91. The van der Waals surface area contributed by atoms with E-state index in [2.05, 4.69) is 21.2 Å². The monoisotopic (exact) mass is 319 g/mol. The van der Waals surface area contributed by atoms with Crippen molar-refractivity contribution in [1.29, 1.82) is 0 Å². The first kappa shape index (κ1) is 14.5. The fourth-order valence-corrected chi connectivity index (χ4v) is 2.34. The molecule has 0 fully saturated rings. The Kier molecular flexibility index (Phi) is 5.43. The molecule has 0 spiro atoms. The Bertz CT molecular complexity index is 411. The molecule has 0 heterocycles. The van der Waals surface area contributed by atoms with Gasteiger partial charge >= 0.3 is 5.97 Å². The molecule has 0 saturated heterocycles. The van der Waals surface area contributed by atoms with Crippen molar-refractivity contribution in [3.05, 3.63) is 33.3 Å². The molecule has 2 unspecified atom stereocenters. The average Bonchev–Trinajstić information content (AvgIpc) is 2.26. The van der Waals surface area contributed by atoms with Crippen molar-refractivity contribution in [2.45, 2.75) is 32.4 Å². The van der Waals surface area contributed by atoms with Crippen LogP contribution in [0.2, 0.25) is 5.02 Å². The maximum atomic E-state index is 11.3. The molecule has 94 valence electrons. The van der Waals surface area contributed by atoms with E-state index in [-0.39, 0.29) is 6.04 Å². The molecule has 1 aromatic rings. The number of benzene rings is 1. The van der Waals surface area contributed by atoms with Crippen LogP contribution in [0.1, 0.15) is 31.9 Å². The van der Waals surface area contributed by atoms with Gasteiger partial charge in [-0.15, -0.1) is 0 Å². The van der Waals surface area contributed by atoms with Crippen molar-refractivity contribution in [1.82, 2.24) is 5.32 Å². The number of aliphatic carboxylic acids is 1. The Hall–Kier alpha value is -0.580. The second kappa shape index (κ2) is 6.38. The van der Waals surface area contributed by atoms with Gasteiger partial charge in [0.2, 0.25) is 0 Å². The molecule has 2 N–H and O–H groups in total. The number of carboxylic acid groups (broad SMARTS) is 1. The van der Waals surface area contributed by atoms with Crippen LogP contribution in [0, 0.1) is 0 Å². The van der Waals surface area contributed by atoms with E-state index in [1.54, 1.807) is 18.2 Å². The summed E-state index contributed by atoms with van der Waals surface area (Å²) >= 11 is 9.18. The van der Waals surface area contributed by atoms with Crippen molar-refractivity contribution in [3.8, 4) is 0 Å². The van der Waals surface area contributed by atoms with Crippen molar-refractivity contribution in [2.75, 3.05) is 0 Å². The quantitative estimate of drug-likeness (QED) is 0.871. The molecule has 0 radical (unpaired) electrons. The molecule has 0 amide bonds. The third-order valence-corrected chi connectivity index (χ3v) is 3.51. The normalized spacial score (nSPS) is 14.4. The zero-order chi connectivity index (χ0) is 13.0. The molecule has 1 aromatic carbocycles.